The molecule has 1 aliphatic heterocycles. The van der Waals surface area contributed by atoms with E-state index in [0.29, 0.717) is 6.42 Å². The molecule has 1 heterocycles. The molecule has 0 spiro atoms. The van der Waals surface area contributed by atoms with Crippen molar-refractivity contribution < 1.29 is 4.79 Å². The van der Waals surface area contributed by atoms with Gasteiger partial charge in [-0.15, -0.1) is 11.8 Å². The fourth-order valence-electron chi connectivity index (χ4n) is 1.35. The van der Waals surface area contributed by atoms with Gasteiger partial charge < -0.3 is 5.32 Å². The minimum absolute atomic E-state index is 0.0912. The van der Waals surface area contributed by atoms with Crippen LogP contribution in [0.25, 0.3) is 0 Å². The second-order valence-electron chi connectivity index (χ2n) is 3.12. The Morgan fingerprint density at radius 1 is 1.36 bits per heavy atom. The first-order valence-corrected chi connectivity index (χ1v) is 5.85. The zero-order chi connectivity index (χ0) is 9.97. The minimum Gasteiger partial charge on any atom is -0.340 e. The van der Waals surface area contributed by atoms with E-state index in [0.717, 1.165) is 16.3 Å². The molecular formula is C10H10ClNOS. The van der Waals surface area contributed by atoms with Crippen molar-refractivity contribution >= 4 is 29.3 Å². The molecule has 0 saturated carbocycles. The molecule has 2 nitrogen and oxygen atoms in total. The first-order chi connectivity index (χ1) is 6.75. The molecule has 1 saturated heterocycles. The Hall–Kier alpha value is -0.670. The van der Waals surface area contributed by atoms with Gasteiger partial charge in [-0.1, -0.05) is 23.7 Å². The van der Waals surface area contributed by atoms with Crippen LogP contribution in [0.2, 0.25) is 5.02 Å². The third-order valence-electron chi connectivity index (χ3n) is 2.08. The van der Waals surface area contributed by atoms with Crippen molar-refractivity contribution in [3.05, 3.63) is 34.9 Å². The molecule has 0 radical (unpaired) electrons. The molecule has 0 aromatic heterocycles. The van der Waals surface area contributed by atoms with Gasteiger partial charge in [-0.3, -0.25) is 4.79 Å². The van der Waals surface area contributed by atoms with E-state index in [2.05, 4.69) is 5.32 Å². The Bertz CT molecular complexity index is 338. The summed E-state index contributed by atoms with van der Waals surface area (Å²) >= 11 is 7.54. The number of carbonyl (C=O) groups excluding carboxylic acids is 1. The summed E-state index contributed by atoms with van der Waals surface area (Å²) in [7, 11) is 0. The van der Waals surface area contributed by atoms with Gasteiger partial charge in [0.2, 0.25) is 5.91 Å². The number of hydrogen-bond acceptors (Lipinski definition) is 2. The molecule has 1 aromatic rings. The van der Waals surface area contributed by atoms with E-state index in [1.165, 1.54) is 0 Å². The molecule has 1 aromatic carbocycles. The van der Waals surface area contributed by atoms with Crippen LogP contribution < -0.4 is 5.32 Å². The lowest BCUT2D eigenvalue weighted by molar-refractivity contribution is -0.121. The van der Waals surface area contributed by atoms with E-state index in [9.17, 15) is 4.79 Å². The molecule has 2 rings (SSSR count). The third-order valence-corrected chi connectivity index (χ3v) is 3.49. The highest BCUT2D eigenvalue weighted by atomic mass is 35.5. The summed E-state index contributed by atoms with van der Waals surface area (Å²) in [4.78, 5) is 11.2. The van der Waals surface area contributed by atoms with E-state index in [-0.39, 0.29) is 11.3 Å². The zero-order valence-corrected chi connectivity index (χ0v) is 9.07. The quantitative estimate of drug-likeness (QED) is 0.799. The van der Waals surface area contributed by atoms with E-state index in [1.54, 1.807) is 11.8 Å². The number of thioether (sulfide) groups is 1. The van der Waals surface area contributed by atoms with Crippen LogP contribution in [-0.4, -0.2) is 11.7 Å². The van der Waals surface area contributed by atoms with E-state index >= 15 is 0 Å². The number of hydrogen-bond donors (Lipinski definition) is 1. The van der Waals surface area contributed by atoms with Gasteiger partial charge in [-0.25, -0.2) is 0 Å². The Morgan fingerprint density at radius 3 is 2.71 bits per heavy atom. The molecular weight excluding hydrogens is 218 g/mol. The van der Waals surface area contributed by atoms with Gasteiger partial charge in [-0.05, 0) is 17.7 Å². The summed E-state index contributed by atoms with van der Waals surface area (Å²) in [5.74, 6) is 1.02. The predicted octanol–water partition coefficient (Wildman–Crippen LogP) is 2.59. The van der Waals surface area contributed by atoms with Crippen molar-refractivity contribution in [2.24, 2.45) is 0 Å². The van der Waals surface area contributed by atoms with Crippen molar-refractivity contribution in [1.82, 2.24) is 5.32 Å². The second-order valence-corrected chi connectivity index (χ2v) is 4.77. The Balaban J connectivity index is 2.14. The fraction of sp³-hybridized carbons (Fsp3) is 0.300. The molecule has 74 valence electrons. The second kappa shape index (κ2) is 4.24. The monoisotopic (exact) mass is 227 g/mol. The van der Waals surface area contributed by atoms with Crippen LogP contribution in [0.3, 0.4) is 0 Å². The van der Waals surface area contributed by atoms with Crippen molar-refractivity contribution in [3.8, 4) is 0 Å². The number of halogens is 1. The highest BCUT2D eigenvalue weighted by Crippen LogP contribution is 2.30. The van der Waals surface area contributed by atoms with Crippen molar-refractivity contribution in [2.75, 3.05) is 5.75 Å². The smallest absolute Gasteiger partial charge is 0.221 e. The van der Waals surface area contributed by atoms with Crippen molar-refractivity contribution in [3.63, 3.8) is 0 Å². The average molecular weight is 228 g/mol. The van der Waals surface area contributed by atoms with Crippen LogP contribution in [0.5, 0.6) is 0 Å². The molecule has 1 fully saturated rings. The topological polar surface area (TPSA) is 29.1 Å². The largest absolute Gasteiger partial charge is 0.340 e. The van der Waals surface area contributed by atoms with Gasteiger partial charge in [0.15, 0.2) is 0 Å². The maximum atomic E-state index is 11.2. The summed E-state index contributed by atoms with van der Waals surface area (Å²) < 4.78 is 0. The Kier molecular flexibility index (Phi) is 2.99. The summed E-state index contributed by atoms with van der Waals surface area (Å²) in [6, 6.07) is 7.59. The Labute approximate surface area is 92.0 Å². The van der Waals surface area contributed by atoms with E-state index in [1.807, 2.05) is 24.3 Å². The van der Waals surface area contributed by atoms with Gasteiger partial charge >= 0.3 is 0 Å². The number of benzene rings is 1. The SMILES string of the molecule is O=C1CCSC(c2ccc(Cl)cc2)N1. The molecule has 1 amide bonds. The molecule has 1 N–H and O–H groups in total. The molecule has 0 aliphatic carbocycles. The van der Waals surface area contributed by atoms with Crippen molar-refractivity contribution in [2.45, 2.75) is 11.8 Å². The normalized spacial score (nSPS) is 21.8. The maximum Gasteiger partial charge on any atom is 0.221 e. The molecule has 4 heteroatoms. The number of nitrogens with one attached hydrogen (secondary N) is 1. The molecule has 1 atom stereocenters. The molecule has 1 unspecified atom stereocenters. The first-order valence-electron chi connectivity index (χ1n) is 4.42. The molecule has 14 heavy (non-hydrogen) atoms. The van der Waals surface area contributed by atoms with Gasteiger partial charge in [0, 0.05) is 17.2 Å². The van der Waals surface area contributed by atoms with Gasteiger partial charge in [0.25, 0.3) is 0 Å². The lowest BCUT2D eigenvalue weighted by atomic mass is 10.2. The summed E-state index contributed by atoms with van der Waals surface area (Å²) in [6.07, 6.45) is 0.620. The summed E-state index contributed by atoms with van der Waals surface area (Å²) in [6.45, 7) is 0. The number of amides is 1. The third kappa shape index (κ3) is 2.22. The highest BCUT2D eigenvalue weighted by Gasteiger charge is 2.19. The van der Waals surface area contributed by atoms with Crippen LogP contribution in [0.1, 0.15) is 17.4 Å². The molecule has 0 bridgehead atoms. The first kappa shape index (κ1) is 9.87. The van der Waals surface area contributed by atoms with Crippen LogP contribution >= 0.6 is 23.4 Å². The highest BCUT2D eigenvalue weighted by molar-refractivity contribution is 7.99. The van der Waals surface area contributed by atoms with Gasteiger partial charge in [0.1, 0.15) is 5.37 Å². The fourth-order valence-corrected chi connectivity index (χ4v) is 2.58. The van der Waals surface area contributed by atoms with Gasteiger partial charge in [0.05, 0.1) is 0 Å². The van der Waals surface area contributed by atoms with Crippen LogP contribution in [0, 0.1) is 0 Å². The standard InChI is InChI=1S/C10H10ClNOS/c11-8-3-1-7(2-4-8)10-12-9(13)5-6-14-10/h1-4,10H,5-6H2,(H,12,13). The number of carbonyl (C=O) groups is 1. The Morgan fingerprint density at radius 2 is 2.07 bits per heavy atom. The van der Waals surface area contributed by atoms with Gasteiger partial charge in [-0.2, -0.15) is 0 Å². The zero-order valence-electron chi connectivity index (χ0n) is 7.50. The lowest BCUT2D eigenvalue weighted by Crippen LogP contribution is -2.31. The molecule has 1 aliphatic rings. The summed E-state index contributed by atoms with van der Waals surface area (Å²) in [5, 5.41) is 3.75. The van der Waals surface area contributed by atoms with Crippen LogP contribution in [0.15, 0.2) is 24.3 Å². The van der Waals surface area contributed by atoms with Crippen molar-refractivity contribution in [1.29, 1.82) is 0 Å². The maximum absolute atomic E-state index is 11.2. The van der Waals surface area contributed by atoms with E-state index < -0.39 is 0 Å². The number of rotatable bonds is 1. The average Bonchev–Trinajstić information content (AvgIpc) is 2.19. The van der Waals surface area contributed by atoms with E-state index in [4.69, 9.17) is 11.6 Å². The summed E-state index contributed by atoms with van der Waals surface area (Å²) in [5.41, 5.74) is 1.10. The predicted molar refractivity (Wildman–Crippen MR) is 59.4 cm³/mol. The van der Waals surface area contributed by atoms with Crippen LogP contribution in [0.4, 0.5) is 0 Å². The minimum atomic E-state index is 0.0912. The lowest BCUT2D eigenvalue weighted by Gasteiger charge is -2.23. The van der Waals surface area contributed by atoms with Crippen LogP contribution in [-0.2, 0) is 4.79 Å².